The highest BCUT2D eigenvalue weighted by Gasteiger charge is 2.23. The number of sulfonamides is 1. The molecule has 7 nitrogen and oxygen atoms in total. The summed E-state index contributed by atoms with van der Waals surface area (Å²) in [5, 5.41) is 9.55. The number of hydrogen-bond acceptors (Lipinski definition) is 5. The van der Waals surface area contributed by atoms with Crippen molar-refractivity contribution in [2.75, 3.05) is 12.3 Å². The molecule has 1 atom stereocenters. The molecule has 1 rings (SSSR count). The van der Waals surface area contributed by atoms with Gasteiger partial charge in [0.25, 0.3) is 10.0 Å². The van der Waals surface area contributed by atoms with Crippen molar-refractivity contribution < 1.29 is 13.5 Å². The molecule has 0 fully saturated rings. The van der Waals surface area contributed by atoms with Crippen LogP contribution in [0.4, 0.5) is 5.82 Å². The van der Waals surface area contributed by atoms with E-state index in [0.29, 0.717) is 12.3 Å². The molecule has 0 radical (unpaired) electrons. The molecule has 0 saturated carbocycles. The quantitative estimate of drug-likeness (QED) is 0.660. The molecule has 8 heteroatoms. The van der Waals surface area contributed by atoms with Gasteiger partial charge in [0.2, 0.25) is 0 Å². The third-order valence-corrected chi connectivity index (χ3v) is 3.97. The smallest absolute Gasteiger partial charge is 0.260 e. The van der Waals surface area contributed by atoms with Crippen LogP contribution in [0.1, 0.15) is 20.3 Å². The van der Waals surface area contributed by atoms with Gasteiger partial charge >= 0.3 is 0 Å². The number of anilines is 1. The summed E-state index contributed by atoms with van der Waals surface area (Å²) in [5.41, 5.74) is 5.50. The Hall–Kier alpha value is -1.12. The van der Waals surface area contributed by atoms with Crippen LogP contribution in [0.3, 0.4) is 0 Å². The van der Waals surface area contributed by atoms with E-state index in [1.807, 2.05) is 13.8 Å². The largest absolute Gasteiger partial charge is 0.392 e. The number of aliphatic hydroxyl groups is 1. The van der Waals surface area contributed by atoms with E-state index >= 15 is 0 Å². The molecule has 1 unspecified atom stereocenters. The summed E-state index contributed by atoms with van der Waals surface area (Å²) in [6.07, 6.45) is 1.15. The maximum atomic E-state index is 12.0. The third-order valence-electron chi connectivity index (χ3n) is 2.42. The molecule has 1 heterocycles. The molecule has 0 amide bonds. The van der Waals surface area contributed by atoms with Crippen LogP contribution in [0.15, 0.2) is 11.4 Å². The first-order valence-corrected chi connectivity index (χ1v) is 7.17. The predicted molar refractivity (Wildman–Crippen MR) is 68.3 cm³/mol. The first-order chi connectivity index (χ1) is 8.24. The number of aryl methyl sites for hydroxylation is 1. The van der Waals surface area contributed by atoms with E-state index in [1.54, 1.807) is 7.05 Å². The molecular formula is C10H20N4O3S. The molecule has 0 bridgehead atoms. The van der Waals surface area contributed by atoms with E-state index in [-0.39, 0.29) is 17.4 Å². The highest BCUT2D eigenvalue weighted by Crippen LogP contribution is 2.15. The summed E-state index contributed by atoms with van der Waals surface area (Å²) < 4.78 is 27.6. The lowest BCUT2D eigenvalue weighted by Gasteiger charge is -2.14. The zero-order valence-electron chi connectivity index (χ0n) is 10.8. The van der Waals surface area contributed by atoms with Gasteiger partial charge in [0.05, 0.1) is 12.4 Å². The second-order valence-corrected chi connectivity index (χ2v) is 6.36. The molecule has 0 spiro atoms. The molecule has 1 aromatic rings. The van der Waals surface area contributed by atoms with Crippen LogP contribution in [0, 0.1) is 5.92 Å². The summed E-state index contributed by atoms with van der Waals surface area (Å²) in [4.78, 5) is 3.72. The lowest BCUT2D eigenvalue weighted by Crippen LogP contribution is -2.34. The van der Waals surface area contributed by atoms with Crippen molar-refractivity contribution in [1.29, 1.82) is 0 Å². The second kappa shape index (κ2) is 5.68. The van der Waals surface area contributed by atoms with E-state index in [4.69, 9.17) is 5.73 Å². The van der Waals surface area contributed by atoms with Crippen molar-refractivity contribution >= 4 is 15.8 Å². The fourth-order valence-corrected chi connectivity index (χ4v) is 2.97. The maximum Gasteiger partial charge on any atom is 0.260 e. The Morgan fingerprint density at radius 2 is 2.17 bits per heavy atom. The van der Waals surface area contributed by atoms with E-state index in [9.17, 15) is 13.5 Å². The van der Waals surface area contributed by atoms with Gasteiger partial charge in [-0.3, -0.25) is 0 Å². The van der Waals surface area contributed by atoms with Gasteiger partial charge in [-0.25, -0.2) is 18.1 Å². The van der Waals surface area contributed by atoms with Gasteiger partial charge < -0.3 is 15.4 Å². The maximum absolute atomic E-state index is 12.0. The van der Waals surface area contributed by atoms with Gasteiger partial charge in [-0.15, -0.1) is 0 Å². The highest BCUT2D eigenvalue weighted by molar-refractivity contribution is 7.89. The summed E-state index contributed by atoms with van der Waals surface area (Å²) in [6.45, 7) is 3.87. The first kappa shape index (κ1) is 14.9. The molecule has 0 aliphatic rings. The number of aliphatic hydroxyl groups excluding tert-OH is 1. The average molecular weight is 276 g/mol. The number of nitrogens with two attached hydrogens (primary N) is 1. The summed E-state index contributed by atoms with van der Waals surface area (Å²) >= 11 is 0. The Kier molecular flexibility index (Phi) is 4.71. The number of imidazole rings is 1. The number of rotatable bonds is 6. The van der Waals surface area contributed by atoms with Crippen LogP contribution in [0.2, 0.25) is 0 Å². The Balaban J connectivity index is 2.72. The van der Waals surface area contributed by atoms with Gasteiger partial charge in [-0.1, -0.05) is 13.8 Å². The summed E-state index contributed by atoms with van der Waals surface area (Å²) in [7, 11) is -2.20. The van der Waals surface area contributed by atoms with Crippen molar-refractivity contribution in [3.8, 4) is 0 Å². The Morgan fingerprint density at radius 1 is 1.56 bits per heavy atom. The van der Waals surface area contributed by atoms with Crippen molar-refractivity contribution in [2.24, 2.45) is 13.0 Å². The molecule has 104 valence electrons. The van der Waals surface area contributed by atoms with E-state index in [0.717, 1.165) is 0 Å². The van der Waals surface area contributed by atoms with Crippen LogP contribution in [0.5, 0.6) is 0 Å². The Morgan fingerprint density at radius 3 is 2.61 bits per heavy atom. The molecule has 1 aromatic heterocycles. The molecule has 0 aromatic carbocycles. The molecule has 0 aliphatic carbocycles. The van der Waals surface area contributed by atoms with Gasteiger partial charge in [0, 0.05) is 13.6 Å². The minimum Gasteiger partial charge on any atom is -0.392 e. The predicted octanol–water partition coefficient (Wildman–Crippen LogP) is -0.312. The normalized spacial score (nSPS) is 14.1. The van der Waals surface area contributed by atoms with Gasteiger partial charge in [0.1, 0.15) is 0 Å². The van der Waals surface area contributed by atoms with Crippen molar-refractivity contribution in [2.45, 2.75) is 31.4 Å². The SMILES string of the molecule is CC(C)CC(O)CNS(=O)(=O)c1c(N)ncn1C. The highest BCUT2D eigenvalue weighted by atomic mass is 32.2. The van der Waals surface area contributed by atoms with Gasteiger partial charge in [-0.2, -0.15) is 0 Å². The van der Waals surface area contributed by atoms with Crippen molar-refractivity contribution in [1.82, 2.24) is 14.3 Å². The molecule has 0 aliphatic heterocycles. The van der Waals surface area contributed by atoms with E-state index in [1.165, 1.54) is 10.9 Å². The fraction of sp³-hybridized carbons (Fsp3) is 0.700. The molecular weight excluding hydrogens is 256 g/mol. The molecule has 0 saturated heterocycles. The standard InChI is InChI=1S/C10H20N4O3S/c1-7(2)4-8(15)5-13-18(16,17)10-9(11)12-6-14(10)3/h6-8,13,15H,4-5,11H2,1-3H3. The molecule has 18 heavy (non-hydrogen) atoms. The monoisotopic (exact) mass is 276 g/mol. The topological polar surface area (TPSA) is 110 Å². The van der Waals surface area contributed by atoms with E-state index in [2.05, 4.69) is 9.71 Å². The minimum absolute atomic E-state index is 0.0366. The molecule has 4 N–H and O–H groups in total. The van der Waals surface area contributed by atoms with Crippen molar-refractivity contribution in [3.63, 3.8) is 0 Å². The van der Waals surface area contributed by atoms with Gasteiger partial charge in [0.15, 0.2) is 10.8 Å². The second-order valence-electron chi connectivity index (χ2n) is 4.68. The van der Waals surface area contributed by atoms with E-state index < -0.39 is 16.1 Å². The fourth-order valence-electron chi connectivity index (χ4n) is 1.67. The number of nitrogens with zero attached hydrogens (tertiary/aromatic N) is 2. The third kappa shape index (κ3) is 3.69. The zero-order valence-corrected chi connectivity index (χ0v) is 11.6. The van der Waals surface area contributed by atoms with Crippen LogP contribution >= 0.6 is 0 Å². The number of nitrogen functional groups attached to an aromatic ring is 1. The lowest BCUT2D eigenvalue weighted by atomic mass is 10.1. The van der Waals surface area contributed by atoms with Crippen LogP contribution in [-0.4, -0.2) is 35.7 Å². The van der Waals surface area contributed by atoms with Crippen molar-refractivity contribution in [3.05, 3.63) is 6.33 Å². The first-order valence-electron chi connectivity index (χ1n) is 5.68. The Bertz CT molecular complexity index is 476. The average Bonchev–Trinajstić information content (AvgIpc) is 2.55. The number of nitrogens with one attached hydrogen (secondary N) is 1. The van der Waals surface area contributed by atoms with Crippen LogP contribution < -0.4 is 10.5 Å². The number of hydrogen-bond donors (Lipinski definition) is 3. The van der Waals surface area contributed by atoms with Crippen LogP contribution in [0.25, 0.3) is 0 Å². The van der Waals surface area contributed by atoms with Crippen LogP contribution in [-0.2, 0) is 17.1 Å². The summed E-state index contributed by atoms with van der Waals surface area (Å²) in [5.74, 6) is 0.245. The summed E-state index contributed by atoms with van der Waals surface area (Å²) in [6, 6.07) is 0. The number of aromatic nitrogens is 2. The lowest BCUT2D eigenvalue weighted by molar-refractivity contribution is 0.152. The Labute approximate surface area is 107 Å². The zero-order chi connectivity index (χ0) is 13.9. The van der Waals surface area contributed by atoms with Gasteiger partial charge in [-0.05, 0) is 12.3 Å². The minimum atomic E-state index is -3.74.